The zero-order valence-electron chi connectivity index (χ0n) is 11.4. The van der Waals surface area contributed by atoms with E-state index in [-0.39, 0.29) is 16.4 Å². The van der Waals surface area contributed by atoms with Gasteiger partial charge in [-0.1, -0.05) is 40.9 Å². The van der Waals surface area contributed by atoms with Crippen LogP contribution in [-0.4, -0.2) is 10.8 Å². The van der Waals surface area contributed by atoms with Gasteiger partial charge in [0.05, 0.1) is 15.6 Å². The fourth-order valence-corrected chi connectivity index (χ4v) is 2.41. The number of hydrogen-bond donors (Lipinski definition) is 1. The Labute approximate surface area is 146 Å². The summed E-state index contributed by atoms with van der Waals surface area (Å²) in [6.07, 6.45) is 2.66. The van der Waals surface area contributed by atoms with E-state index >= 15 is 0 Å². The lowest BCUT2D eigenvalue weighted by Crippen LogP contribution is -2.08. The summed E-state index contributed by atoms with van der Waals surface area (Å²) in [6.45, 7) is 0. The van der Waals surface area contributed by atoms with E-state index in [0.29, 0.717) is 15.6 Å². The molecule has 0 bridgehead atoms. The van der Waals surface area contributed by atoms with Crippen molar-refractivity contribution in [3.8, 4) is 0 Å². The summed E-state index contributed by atoms with van der Waals surface area (Å²) < 4.78 is 0. The molecular weight excluding hydrogens is 363 g/mol. The van der Waals surface area contributed by atoms with Crippen molar-refractivity contribution < 1.29 is 9.72 Å². The lowest BCUT2D eigenvalue weighted by Gasteiger charge is -2.05. The lowest BCUT2D eigenvalue weighted by atomic mass is 10.2. The van der Waals surface area contributed by atoms with Crippen LogP contribution in [0.4, 0.5) is 11.4 Å². The monoisotopic (exact) mass is 370 g/mol. The molecule has 0 aliphatic carbocycles. The molecule has 2 aromatic carbocycles. The fraction of sp³-hybridized carbons (Fsp3) is 0. The van der Waals surface area contributed by atoms with Crippen LogP contribution in [0.5, 0.6) is 0 Å². The Morgan fingerprint density at radius 3 is 2.35 bits per heavy atom. The maximum atomic E-state index is 11.9. The van der Waals surface area contributed by atoms with E-state index in [9.17, 15) is 14.9 Å². The number of carbonyl (C=O) groups excluding carboxylic acids is 1. The third-order valence-corrected chi connectivity index (χ3v) is 3.81. The van der Waals surface area contributed by atoms with Gasteiger partial charge >= 0.3 is 0 Å². The van der Waals surface area contributed by atoms with Gasteiger partial charge in [0.25, 0.3) is 5.69 Å². The van der Waals surface area contributed by atoms with Crippen molar-refractivity contribution >= 4 is 58.2 Å². The van der Waals surface area contributed by atoms with Gasteiger partial charge in [0.1, 0.15) is 0 Å². The number of anilines is 1. The largest absolute Gasteiger partial charge is 0.321 e. The number of nitrogens with one attached hydrogen (secondary N) is 1. The first-order valence-electron chi connectivity index (χ1n) is 6.25. The standard InChI is InChI=1S/C15H9Cl3N2O3/c16-11-2-1-3-12(17)10(11)5-7-15(21)19-14-8-9(20(22)23)4-6-13(14)18/h1-8H,(H,19,21)/b7-5+. The van der Waals surface area contributed by atoms with Crippen molar-refractivity contribution in [1.82, 2.24) is 0 Å². The molecule has 2 rings (SSSR count). The average Bonchev–Trinajstić information content (AvgIpc) is 2.48. The summed E-state index contributed by atoms with van der Waals surface area (Å²) in [4.78, 5) is 22.1. The van der Waals surface area contributed by atoms with Crippen molar-refractivity contribution in [2.45, 2.75) is 0 Å². The zero-order valence-corrected chi connectivity index (χ0v) is 13.7. The van der Waals surface area contributed by atoms with Gasteiger partial charge in [-0.25, -0.2) is 0 Å². The summed E-state index contributed by atoms with van der Waals surface area (Å²) in [6, 6.07) is 8.73. The average molecular weight is 372 g/mol. The predicted molar refractivity (Wildman–Crippen MR) is 92.2 cm³/mol. The van der Waals surface area contributed by atoms with E-state index in [2.05, 4.69) is 5.32 Å². The van der Waals surface area contributed by atoms with Crippen molar-refractivity contribution in [3.63, 3.8) is 0 Å². The Morgan fingerprint density at radius 2 is 1.74 bits per heavy atom. The molecule has 0 unspecified atom stereocenters. The van der Waals surface area contributed by atoms with Crippen molar-refractivity contribution in [1.29, 1.82) is 0 Å². The first-order chi connectivity index (χ1) is 10.9. The number of nitro groups is 1. The van der Waals surface area contributed by atoms with Gasteiger partial charge in [0.15, 0.2) is 0 Å². The van der Waals surface area contributed by atoms with E-state index in [1.807, 2.05) is 0 Å². The minimum absolute atomic E-state index is 0.140. The van der Waals surface area contributed by atoms with E-state index in [0.717, 1.165) is 0 Å². The molecule has 0 heterocycles. The second kappa shape index (κ2) is 7.46. The van der Waals surface area contributed by atoms with Gasteiger partial charge in [-0.15, -0.1) is 0 Å². The van der Waals surface area contributed by atoms with Crippen LogP contribution in [0.25, 0.3) is 6.08 Å². The number of carbonyl (C=O) groups is 1. The molecular formula is C15H9Cl3N2O3. The number of hydrogen-bond acceptors (Lipinski definition) is 3. The van der Waals surface area contributed by atoms with Gasteiger partial charge in [0, 0.05) is 33.8 Å². The lowest BCUT2D eigenvalue weighted by molar-refractivity contribution is -0.384. The fourth-order valence-electron chi connectivity index (χ4n) is 1.73. The van der Waals surface area contributed by atoms with Crippen LogP contribution >= 0.6 is 34.8 Å². The Bertz CT molecular complexity index is 786. The van der Waals surface area contributed by atoms with E-state index < -0.39 is 10.8 Å². The predicted octanol–water partition coefficient (Wildman–Crippen LogP) is 5.21. The van der Waals surface area contributed by atoms with Gasteiger partial charge < -0.3 is 5.32 Å². The van der Waals surface area contributed by atoms with Gasteiger partial charge in [-0.2, -0.15) is 0 Å². The summed E-state index contributed by atoms with van der Waals surface area (Å²) in [5, 5.41) is 14.2. The first kappa shape index (κ1) is 17.3. The molecule has 0 saturated carbocycles. The third-order valence-electron chi connectivity index (χ3n) is 2.82. The Kier molecular flexibility index (Phi) is 5.60. The zero-order chi connectivity index (χ0) is 17.0. The van der Waals surface area contributed by atoms with Crippen molar-refractivity contribution in [2.75, 3.05) is 5.32 Å². The quantitative estimate of drug-likeness (QED) is 0.456. The molecule has 2 aromatic rings. The molecule has 0 spiro atoms. The third kappa shape index (κ3) is 4.45. The summed E-state index contributed by atoms with van der Waals surface area (Å²) >= 11 is 17.9. The second-order valence-electron chi connectivity index (χ2n) is 4.38. The molecule has 118 valence electrons. The van der Waals surface area contributed by atoms with Crippen LogP contribution in [0.2, 0.25) is 15.1 Å². The van der Waals surface area contributed by atoms with Gasteiger partial charge in [0.2, 0.25) is 5.91 Å². The molecule has 1 N–H and O–H groups in total. The van der Waals surface area contributed by atoms with E-state index in [4.69, 9.17) is 34.8 Å². The van der Waals surface area contributed by atoms with Crippen LogP contribution in [-0.2, 0) is 4.79 Å². The first-order valence-corrected chi connectivity index (χ1v) is 7.39. The number of non-ortho nitro benzene ring substituents is 1. The maximum absolute atomic E-state index is 11.9. The van der Waals surface area contributed by atoms with Crippen LogP contribution in [0.3, 0.4) is 0 Å². The van der Waals surface area contributed by atoms with Gasteiger partial charge in [-0.3, -0.25) is 14.9 Å². The van der Waals surface area contributed by atoms with Crippen LogP contribution in [0.15, 0.2) is 42.5 Å². The molecule has 5 nitrogen and oxygen atoms in total. The Balaban J connectivity index is 2.18. The normalized spacial score (nSPS) is 10.7. The number of nitro benzene ring substituents is 1. The Morgan fingerprint density at radius 1 is 1.09 bits per heavy atom. The van der Waals surface area contributed by atoms with Crippen LogP contribution in [0, 0.1) is 10.1 Å². The van der Waals surface area contributed by atoms with Crippen LogP contribution in [0.1, 0.15) is 5.56 Å². The molecule has 0 fully saturated rings. The molecule has 23 heavy (non-hydrogen) atoms. The molecule has 0 radical (unpaired) electrons. The number of halogens is 3. The molecule has 0 aromatic heterocycles. The molecule has 1 amide bonds. The van der Waals surface area contributed by atoms with Crippen LogP contribution < -0.4 is 5.32 Å². The number of amides is 1. The topological polar surface area (TPSA) is 72.2 Å². The highest BCUT2D eigenvalue weighted by molar-refractivity contribution is 6.37. The highest BCUT2D eigenvalue weighted by Gasteiger charge is 2.11. The number of benzene rings is 2. The van der Waals surface area contributed by atoms with E-state index in [1.165, 1.54) is 30.4 Å². The smallest absolute Gasteiger partial charge is 0.271 e. The van der Waals surface area contributed by atoms with Crippen molar-refractivity contribution in [3.05, 3.63) is 73.2 Å². The number of rotatable bonds is 4. The maximum Gasteiger partial charge on any atom is 0.271 e. The molecule has 0 saturated heterocycles. The molecule has 0 aliphatic heterocycles. The summed E-state index contributed by atoms with van der Waals surface area (Å²) in [5.74, 6) is -0.525. The molecule has 8 heteroatoms. The molecule has 0 aliphatic rings. The number of nitrogens with zero attached hydrogens (tertiary/aromatic N) is 1. The highest BCUT2D eigenvalue weighted by atomic mass is 35.5. The highest BCUT2D eigenvalue weighted by Crippen LogP contribution is 2.27. The van der Waals surface area contributed by atoms with Crippen molar-refractivity contribution in [2.24, 2.45) is 0 Å². The molecule has 0 atom stereocenters. The summed E-state index contributed by atoms with van der Waals surface area (Å²) in [7, 11) is 0. The minimum Gasteiger partial charge on any atom is -0.321 e. The van der Waals surface area contributed by atoms with E-state index in [1.54, 1.807) is 18.2 Å². The Hall–Kier alpha value is -2.08. The second-order valence-corrected chi connectivity index (χ2v) is 5.60. The van der Waals surface area contributed by atoms with Gasteiger partial charge in [-0.05, 0) is 24.3 Å². The SMILES string of the molecule is O=C(/C=C/c1c(Cl)cccc1Cl)Nc1cc([N+](=O)[O-])ccc1Cl. The minimum atomic E-state index is -0.578. The summed E-state index contributed by atoms with van der Waals surface area (Å²) in [5.41, 5.74) is 0.458.